The molecule has 1 atom stereocenters. The predicted molar refractivity (Wildman–Crippen MR) is 124 cm³/mol. The highest BCUT2D eigenvalue weighted by Crippen LogP contribution is 2.37. The Balaban J connectivity index is 1.48. The third-order valence-electron chi connectivity index (χ3n) is 5.96. The Hall–Kier alpha value is -3.16. The summed E-state index contributed by atoms with van der Waals surface area (Å²) in [5.74, 6) is 1.08. The first-order valence-corrected chi connectivity index (χ1v) is 11.3. The van der Waals surface area contributed by atoms with Crippen LogP contribution in [0.25, 0.3) is 22.7 Å². The van der Waals surface area contributed by atoms with Gasteiger partial charge in [0.1, 0.15) is 17.0 Å². The van der Waals surface area contributed by atoms with Crippen LogP contribution in [0, 0.1) is 13.8 Å². The number of likely N-dealkylation sites (tertiary alicyclic amines) is 1. The monoisotopic (exact) mass is 482 g/mol. The smallest absolute Gasteiger partial charge is 0.260 e. The first-order valence-electron chi connectivity index (χ1n) is 10.6. The zero-order valence-corrected chi connectivity index (χ0v) is 19.5. The molecule has 33 heavy (non-hydrogen) atoms. The van der Waals surface area contributed by atoms with Gasteiger partial charge in [0.2, 0.25) is 0 Å². The first kappa shape index (κ1) is 21.7. The first-order chi connectivity index (χ1) is 16.0. The highest BCUT2D eigenvalue weighted by molar-refractivity contribution is 6.33. The molecule has 1 amide bonds. The molecule has 3 heterocycles. The molecule has 2 aromatic heterocycles. The van der Waals surface area contributed by atoms with Crippen molar-refractivity contribution in [2.75, 3.05) is 6.54 Å². The van der Waals surface area contributed by atoms with Gasteiger partial charge in [-0.25, -0.2) is 0 Å². The number of aryl methyl sites for hydroxylation is 1. The third-order valence-corrected chi connectivity index (χ3v) is 6.70. The Kier molecular flexibility index (Phi) is 5.68. The summed E-state index contributed by atoms with van der Waals surface area (Å²) in [7, 11) is 0. The molecule has 0 aliphatic carbocycles. The van der Waals surface area contributed by atoms with E-state index in [-0.39, 0.29) is 11.9 Å². The molecule has 168 valence electrons. The molecule has 2 aromatic carbocycles. The maximum absolute atomic E-state index is 13.7. The van der Waals surface area contributed by atoms with Crippen LogP contribution >= 0.6 is 23.2 Å². The maximum Gasteiger partial charge on any atom is 0.260 e. The second kappa shape index (κ2) is 8.65. The van der Waals surface area contributed by atoms with E-state index in [4.69, 9.17) is 32.2 Å². The zero-order valence-electron chi connectivity index (χ0n) is 18.0. The summed E-state index contributed by atoms with van der Waals surface area (Å²) in [6, 6.07) is 12.5. The number of nitrogens with zero attached hydrogens (tertiary/aromatic N) is 4. The highest BCUT2D eigenvalue weighted by Gasteiger charge is 2.37. The van der Waals surface area contributed by atoms with Crippen molar-refractivity contribution in [3.63, 3.8) is 0 Å². The lowest BCUT2D eigenvalue weighted by Gasteiger charge is -2.22. The van der Waals surface area contributed by atoms with Crippen LogP contribution in [0.2, 0.25) is 10.0 Å². The normalized spacial score (nSPS) is 15.9. The molecular formula is C24H20Cl2N4O3. The van der Waals surface area contributed by atoms with Crippen molar-refractivity contribution in [1.82, 2.24) is 20.2 Å². The molecule has 5 rings (SSSR count). The lowest BCUT2D eigenvalue weighted by Crippen LogP contribution is -2.31. The number of hydrogen-bond acceptors (Lipinski definition) is 6. The molecular weight excluding hydrogens is 463 g/mol. The van der Waals surface area contributed by atoms with E-state index in [1.165, 1.54) is 0 Å². The number of aromatic nitrogens is 3. The zero-order chi connectivity index (χ0) is 23.1. The average Bonchev–Trinajstić information content (AvgIpc) is 3.55. The molecule has 0 saturated carbocycles. The Morgan fingerprint density at radius 1 is 1.00 bits per heavy atom. The van der Waals surface area contributed by atoms with Gasteiger partial charge in [0.05, 0.1) is 11.1 Å². The maximum atomic E-state index is 13.7. The van der Waals surface area contributed by atoms with E-state index in [9.17, 15) is 4.79 Å². The molecule has 4 aromatic rings. The Bertz CT molecular complexity index is 1350. The molecule has 0 N–H and O–H groups in total. The van der Waals surface area contributed by atoms with Crippen LogP contribution in [0.5, 0.6) is 0 Å². The Labute approximate surface area is 200 Å². The molecule has 0 spiro atoms. The lowest BCUT2D eigenvalue weighted by molar-refractivity contribution is 0.0727. The van der Waals surface area contributed by atoms with Crippen molar-refractivity contribution in [2.24, 2.45) is 0 Å². The van der Waals surface area contributed by atoms with E-state index in [2.05, 4.69) is 15.3 Å². The molecule has 1 aliphatic heterocycles. The molecule has 1 unspecified atom stereocenters. The summed E-state index contributed by atoms with van der Waals surface area (Å²) in [5, 5.41) is 9.45. The summed E-state index contributed by atoms with van der Waals surface area (Å²) in [6.07, 6.45) is 1.55. The van der Waals surface area contributed by atoms with E-state index >= 15 is 0 Å². The van der Waals surface area contributed by atoms with Crippen LogP contribution in [0.15, 0.2) is 51.5 Å². The average molecular weight is 483 g/mol. The van der Waals surface area contributed by atoms with Gasteiger partial charge in [0.25, 0.3) is 11.8 Å². The summed E-state index contributed by atoms with van der Waals surface area (Å²) in [6.45, 7) is 4.19. The fraction of sp³-hybridized carbons (Fsp3) is 0.250. The fourth-order valence-corrected chi connectivity index (χ4v) is 4.60. The molecule has 7 nitrogen and oxygen atoms in total. The molecule has 1 aliphatic rings. The van der Waals surface area contributed by atoms with Gasteiger partial charge in [-0.3, -0.25) is 4.79 Å². The predicted octanol–water partition coefficient (Wildman–Crippen LogP) is 6.29. The third kappa shape index (κ3) is 3.81. The van der Waals surface area contributed by atoms with E-state index in [1.54, 1.807) is 17.9 Å². The minimum absolute atomic E-state index is 0.198. The second-order valence-corrected chi connectivity index (χ2v) is 8.78. The topological polar surface area (TPSA) is 85.3 Å². The van der Waals surface area contributed by atoms with Crippen molar-refractivity contribution in [1.29, 1.82) is 0 Å². The van der Waals surface area contributed by atoms with Gasteiger partial charge >= 0.3 is 0 Å². The Morgan fingerprint density at radius 2 is 1.76 bits per heavy atom. The number of amides is 1. The summed E-state index contributed by atoms with van der Waals surface area (Å²) in [4.78, 5) is 20.0. The quantitative estimate of drug-likeness (QED) is 0.339. The van der Waals surface area contributed by atoms with Crippen molar-refractivity contribution in [2.45, 2.75) is 32.7 Å². The molecule has 1 fully saturated rings. The lowest BCUT2D eigenvalue weighted by atomic mass is 10.0. The highest BCUT2D eigenvalue weighted by atomic mass is 35.5. The van der Waals surface area contributed by atoms with E-state index in [0.29, 0.717) is 50.9 Å². The molecule has 1 saturated heterocycles. The van der Waals surface area contributed by atoms with E-state index in [0.717, 1.165) is 24.0 Å². The van der Waals surface area contributed by atoms with Crippen LogP contribution in [0.3, 0.4) is 0 Å². The minimum atomic E-state index is -0.317. The minimum Gasteiger partial charge on any atom is -0.360 e. The summed E-state index contributed by atoms with van der Waals surface area (Å²) < 4.78 is 10.9. The SMILES string of the molecule is Cc1onc(-c2ccccc2Cl)c1C(=O)N1CCCC1c1noc(-c2cccc(Cl)c2C)n1. The number of rotatable bonds is 4. The van der Waals surface area contributed by atoms with Crippen LogP contribution in [-0.4, -0.2) is 32.6 Å². The van der Waals surface area contributed by atoms with Crippen LogP contribution in [0.1, 0.15) is 46.4 Å². The van der Waals surface area contributed by atoms with Crippen LogP contribution in [-0.2, 0) is 0 Å². The molecule has 0 bridgehead atoms. The number of carbonyl (C=O) groups excluding carboxylic acids is 1. The Morgan fingerprint density at radius 3 is 2.58 bits per heavy atom. The summed E-state index contributed by atoms with van der Waals surface area (Å²) >= 11 is 12.6. The fourth-order valence-electron chi connectivity index (χ4n) is 4.20. The van der Waals surface area contributed by atoms with Crippen molar-refractivity contribution < 1.29 is 13.8 Å². The van der Waals surface area contributed by atoms with Gasteiger partial charge in [-0.2, -0.15) is 4.98 Å². The van der Waals surface area contributed by atoms with Crippen molar-refractivity contribution in [3.05, 3.63) is 75.2 Å². The largest absolute Gasteiger partial charge is 0.360 e. The molecule has 9 heteroatoms. The van der Waals surface area contributed by atoms with Crippen molar-refractivity contribution in [3.8, 4) is 22.7 Å². The van der Waals surface area contributed by atoms with Gasteiger partial charge in [-0.05, 0) is 50.5 Å². The number of benzene rings is 2. The second-order valence-electron chi connectivity index (χ2n) is 7.97. The van der Waals surface area contributed by atoms with Gasteiger partial charge in [-0.15, -0.1) is 0 Å². The van der Waals surface area contributed by atoms with E-state index < -0.39 is 0 Å². The number of carbonyl (C=O) groups is 1. The number of hydrogen-bond donors (Lipinski definition) is 0. The summed E-state index contributed by atoms with van der Waals surface area (Å²) in [5.41, 5.74) is 3.10. The molecule has 0 radical (unpaired) electrons. The van der Waals surface area contributed by atoms with E-state index in [1.807, 2.05) is 43.3 Å². The standard InChI is InChI=1S/C24H20Cl2N4O3/c1-13-15(8-5-10-17(13)25)23-27-22(29-33-23)19-11-6-12-30(19)24(31)20-14(2)32-28-21(20)16-7-3-4-9-18(16)26/h3-5,7-10,19H,6,11-12H2,1-2H3. The van der Waals surface area contributed by atoms with Crippen LogP contribution < -0.4 is 0 Å². The number of halogens is 2. The van der Waals surface area contributed by atoms with Crippen LogP contribution in [0.4, 0.5) is 0 Å². The van der Waals surface area contributed by atoms with Gasteiger partial charge in [-0.1, -0.05) is 57.8 Å². The van der Waals surface area contributed by atoms with Gasteiger partial charge in [0.15, 0.2) is 5.82 Å². The van der Waals surface area contributed by atoms with Crippen molar-refractivity contribution >= 4 is 29.1 Å². The van der Waals surface area contributed by atoms with Gasteiger partial charge < -0.3 is 13.9 Å². The van der Waals surface area contributed by atoms with Gasteiger partial charge in [0, 0.05) is 22.7 Å².